The molecule has 0 aliphatic rings. The number of hydrogen-bond donors (Lipinski definition) is 0. The van der Waals surface area contributed by atoms with Gasteiger partial charge in [-0.2, -0.15) is 15.8 Å². The van der Waals surface area contributed by atoms with Gasteiger partial charge in [0.15, 0.2) is 6.35 Å². The van der Waals surface area contributed by atoms with Gasteiger partial charge in [0.05, 0.1) is 36.7 Å². The Morgan fingerprint density at radius 2 is 0.966 bits per heavy atom. The molecule has 0 aromatic carbocycles. The fourth-order valence-corrected chi connectivity index (χ4v) is 7.80. The fraction of sp³-hybridized carbons (Fsp3) is 0.875. The van der Waals surface area contributed by atoms with Crippen LogP contribution >= 0.6 is 7.26 Å². The van der Waals surface area contributed by atoms with Crippen molar-refractivity contribution in [2.24, 2.45) is 5.92 Å². The van der Waals surface area contributed by atoms with Gasteiger partial charge in [-0.05, 0) is 38.5 Å². The lowest BCUT2D eigenvalue weighted by molar-refractivity contribution is 0.252. The third-order valence-corrected chi connectivity index (χ3v) is 9.85. The van der Waals surface area contributed by atoms with Gasteiger partial charge in [0.2, 0.25) is 5.92 Å². The Morgan fingerprint density at radius 3 is 1.17 bits per heavy atom. The molecular weight excluding hydrogens is 377 g/mol. The molecule has 0 fully saturated rings. The number of nitriles is 3. The van der Waals surface area contributed by atoms with E-state index in [1.807, 2.05) is 7.11 Å². The Hall–Kier alpha value is -1.14. The smallest absolute Gasteiger partial charge is 0.218 e. The van der Waals surface area contributed by atoms with Gasteiger partial charge in [-0.15, -0.1) is 0 Å². The standard InChI is InChI=1S/C20H44OP.C4HN3/c1-5-8-11-14-17-22(20-21-4,18-15-12-9-6-2)19-16-13-10-7-3;5-1-4(2-6)3-7/h5-20H2,1-4H3;4H/q+1;. The minimum Gasteiger partial charge on any atom is -0.350 e. The summed E-state index contributed by atoms with van der Waals surface area (Å²) in [6.45, 7) is 6.94. The number of methoxy groups -OCH3 is 1. The third-order valence-electron chi connectivity index (χ3n) is 5.25. The van der Waals surface area contributed by atoms with Crippen molar-refractivity contribution in [3.63, 3.8) is 0 Å². The van der Waals surface area contributed by atoms with Gasteiger partial charge in [-0.25, -0.2) is 0 Å². The summed E-state index contributed by atoms with van der Waals surface area (Å²) in [6.07, 6.45) is 22.5. The summed E-state index contributed by atoms with van der Waals surface area (Å²) in [4.78, 5) is 0. The van der Waals surface area contributed by atoms with Crippen molar-refractivity contribution in [2.45, 2.75) is 97.8 Å². The second-order valence-corrected chi connectivity index (χ2v) is 12.2. The Labute approximate surface area is 182 Å². The minimum absolute atomic E-state index is 0.839. The average molecular weight is 423 g/mol. The van der Waals surface area contributed by atoms with Gasteiger partial charge < -0.3 is 4.74 Å². The molecule has 0 radical (unpaired) electrons. The van der Waals surface area contributed by atoms with Gasteiger partial charge in [-0.1, -0.05) is 59.3 Å². The van der Waals surface area contributed by atoms with Crippen LogP contribution in [0.25, 0.3) is 0 Å². The molecule has 29 heavy (non-hydrogen) atoms. The minimum atomic E-state index is -1.10. The maximum atomic E-state index is 7.83. The van der Waals surface area contributed by atoms with E-state index < -0.39 is 13.2 Å². The molecule has 0 aliphatic heterocycles. The molecule has 0 bridgehead atoms. The number of unbranched alkanes of at least 4 members (excludes halogenated alkanes) is 9. The Morgan fingerprint density at radius 1 is 0.621 bits per heavy atom. The van der Waals surface area contributed by atoms with Gasteiger partial charge in [-0.3, -0.25) is 0 Å². The first-order chi connectivity index (χ1) is 14.1. The summed E-state index contributed by atoms with van der Waals surface area (Å²) >= 11 is 0. The van der Waals surface area contributed by atoms with Crippen molar-refractivity contribution in [3.8, 4) is 18.2 Å². The summed E-state index contributed by atoms with van der Waals surface area (Å²) < 4.78 is 5.73. The molecule has 0 heterocycles. The van der Waals surface area contributed by atoms with Crippen LogP contribution in [0.15, 0.2) is 0 Å². The van der Waals surface area contributed by atoms with Crippen molar-refractivity contribution in [3.05, 3.63) is 0 Å². The molecule has 0 saturated heterocycles. The highest BCUT2D eigenvalue weighted by Crippen LogP contribution is 2.60. The fourth-order valence-electron chi connectivity index (χ4n) is 3.51. The summed E-state index contributed by atoms with van der Waals surface area (Å²) in [5.74, 6) is -1.10. The zero-order valence-electron chi connectivity index (χ0n) is 19.6. The monoisotopic (exact) mass is 422 g/mol. The summed E-state index contributed by atoms with van der Waals surface area (Å²) in [5.41, 5.74) is 0. The van der Waals surface area contributed by atoms with E-state index in [9.17, 15) is 0 Å². The highest BCUT2D eigenvalue weighted by molar-refractivity contribution is 7.75. The highest BCUT2D eigenvalue weighted by Gasteiger charge is 2.35. The van der Waals surface area contributed by atoms with Crippen molar-refractivity contribution in [2.75, 3.05) is 31.9 Å². The van der Waals surface area contributed by atoms with Crippen LogP contribution in [0.3, 0.4) is 0 Å². The lowest BCUT2D eigenvalue weighted by Gasteiger charge is -2.27. The van der Waals surface area contributed by atoms with Crippen LogP contribution in [0.2, 0.25) is 0 Å². The second kappa shape index (κ2) is 23.1. The van der Waals surface area contributed by atoms with Crippen LogP contribution in [-0.4, -0.2) is 31.9 Å². The largest absolute Gasteiger partial charge is 0.350 e. The molecule has 0 aromatic rings. The summed E-state index contributed by atoms with van der Waals surface area (Å²) in [7, 11) is 1.09. The molecular formula is C24H45N3OP+. The predicted molar refractivity (Wildman–Crippen MR) is 126 cm³/mol. The molecule has 0 amide bonds. The quantitative estimate of drug-likeness (QED) is 0.179. The third kappa shape index (κ3) is 18.6. The maximum absolute atomic E-state index is 7.83. The molecule has 0 aliphatic carbocycles. The predicted octanol–water partition coefficient (Wildman–Crippen LogP) is 7.52. The van der Waals surface area contributed by atoms with E-state index in [1.165, 1.54) is 114 Å². The SMILES string of the molecule is CCCCCC[P+](CCCCCC)(CCCCCC)COC.N#CC(C#N)C#N. The van der Waals surface area contributed by atoms with Crippen molar-refractivity contribution in [1.29, 1.82) is 15.8 Å². The van der Waals surface area contributed by atoms with E-state index in [4.69, 9.17) is 20.5 Å². The van der Waals surface area contributed by atoms with Crippen molar-refractivity contribution >= 4 is 7.26 Å². The molecule has 166 valence electrons. The molecule has 5 heteroatoms. The van der Waals surface area contributed by atoms with Gasteiger partial charge in [0.25, 0.3) is 0 Å². The van der Waals surface area contributed by atoms with Crippen molar-refractivity contribution in [1.82, 2.24) is 0 Å². The molecule has 0 atom stereocenters. The van der Waals surface area contributed by atoms with Gasteiger partial charge >= 0.3 is 0 Å². The molecule has 0 saturated carbocycles. The normalized spacial score (nSPS) is 10.6. The Bertz CT molecular complexity index is 411. The Kier molecular flexibility index (Phi) is 24.0. The zero-order chi connectivity index (χ0) is 22.2. The summed E-state index contributed by atoms with van der Waals surface area (Å²) in [6, 6.07) is 4.44. The number of rotatable bonds is 17. The summed E-state index contributed by atoms with van der Waals surface area (Å²) in [5, 5.41) is 23.5. The zero-order valence-corrected chi connectivity index (χ0v) is 20.5. The average Bonchev–Trinajstić information content (AvgIpc) is 2.74. The first kappa shape index (κ1) is 30.1. The molecule has 4 nitrogen and oxygen atoms in total. The van der Waals surface area contributed by atoms with Crippen LogP contribution in [0.4, 0.5) is 0 Å². The van der Waals surface area contributed by atoms with Gasteiger partial charge in [0, 0.05) is 14.4 Å². The number of hydrogen-bond acceptors (Lipinski definition) is 4. The van der Waals surface area contributed by atoms with Gasteiger partial charge in [0.1, 0.15) is 0 Å². The lowest BCUT2D eigenvalue weighted by Crippen LogP contribution is -2.14. The van der Waals surface area contributed by atoms with Crippen LogP contribution in [0.5, 0.6) is 0 Å². The molecule has 0 unspecified atom stereocenters. The first-order valence-corrected chi connectivity index (χ1v) is 14.1. The van der Waals surface area contributed by atoms with E-state index in [0.717, 1.165) is 6.35 Å². The van der Waals surface area contributed by atoms with E-state index >= 15 is 0 Å². The molecule has 0 spiro atoms. The van der Waals surface area contributed by atoms with Crippen LogP contribution in [0.1, 0.15) is 97.8 Å². The number of nitrogens with zero attached hydrogens (tertiary/aromatic N) is 3. The van der Waals surface area contributed by atoms with Crippen LogP contribution in [-0.2, 0) is 4.74 Å². The highest BCUT2D eigenvalue weighted by atomic mass is 31.2. The topological polar surface area (TPSA) is 80.6 Å². The van der Waals surface area contributed by atoms with E-state index in [2.05, 4.69) is 20.8 Å². The maximum Gasteiger partial charge on any atom is 0.218 e. The molecule has 0 N–H and O–H groups in total. The van der Waals surface area contributed by atoms with Crippen LogP contribution in [0, 0.1) is 39.9 Å². The Balaban J connectivity index is 0. The van der Waals surface area contributed by atoms with Crippen LogP contribution < -0.4 is 0 Å². The van der Waals surface area contributed by atoms with E-state index in [0.29, 0.717) is 0 Å². The van der Waals surface area contributed by atoms with E-state index in [-0.39, 0.29) is 0 Å². The first-order valence-electron chi connectivity index (χ1n) is 11.6. The van der Waals surface area contributed by atoms with Crippen molar-refractivity contribution < 1.29 is 4.74 Å². The lowest BCUT2D eigenvalue weighted by atomic mass is 10.2. The molecule has 0 aromatic heterocycles. The molecule has 0 rings (SSSR count). The second-order valence-electron chi connectivity index (χ2n) is 7.93. The van der Waals surface area contributed by atoms with E-state index in [1.54, 1.807) is 0 Å². The number of ether oxygens (including phenoxy) is 1.